The van der Waals surface area contributed by atoms with Crippen LogP contribution in [0.15, 0.2) is 35.4 Å². The van der Waals surface area contributed by atoms with Gasteiger partial charge in [0.25, 0.3) is 0 Å². The Morgan fingerprint density at radius 2 is 2.29 bits per heavy atom. The van der Waals surface area contributed by atoms with E-state index < -0.39 is 0 Å². The van der Waals surface area contributed by atoms with E-state index in [9.17, 15) is 4.39 Å². The van der Waals surface area contributed by atoms with Gasteiger partial charge >= 0.3 is 0 Å². The Morgan fingerprint density at radius 1 is 1.36 bits per heavy atom. The van der Waals surface area contributed by atoms with Crippen molar-refractivity contribution < 1.29 is 8.81 Å². The molecule has 0 bridgehead atoms. The first kappa shape index (κ1) is 8.68. The molecule has 2 aromatic heterocycles. The molecule has 0 amide bonds. The predicted octanol–water partition coefficient (Wildman–Crippen LogP) is 1.82. The number of halogens is 1. The van der Waals surface area contributed by atoms with Crippen LogP contribution in [0.25, 0.3) is 0 Å². The molecule has 72 valence electrons. The van der Waals surface area contributed by atoms with Crippen LogP contribution in [0.5, 0.6) is 0 Å². The summed E-state index contributed by atoms with van der Waals surface area (Å²) >= 11 is 0. The van der Waals surface area contributed by atoms with Crippen LogP contribution in [0.1, 0.15) is 5.69 Å². The second kappa shape index (κ2) is 3.87. The van der Waals surface area contributed by atoms with Gasteiger partial charge < -0.3 is 9.73 Å². The van der Waals surface area contributed by atoms with Gasteiger partial charge in [0, 0.05) is 0 Å². The summed E-state index contributed by atoms with van der Waals surface area (Å²) in [6, 6.07) is 2.91. The highest BCUT2D eigenvalue weighted by atomic mass is 19.1. The van der Waals surface area contributed by atoms with E-state index in [1.165, 1.54) is 18.7 Å². The van der Waals surface area contributed by atoms with Crippen LogP contribution in [-0.4, -0.2) is 9.97 Å². The summed E-state index contributed by atoms with van der Waals surface area (Å²) < 4.78 is 17.3. The number of rotatable bonds is 3. The van der Waals surface area contributed by atoms with Crippen molar-refractivity contribution in [2.45, 2.75) is 6.54 Å². The van der Waals surface area contributed by atoms with Crippen molar-refractivity contribution in [1.82, 2.24) is 9.97 Å². The smallest absolute Gasteiger partial charge is 0.180 e. The molecule has 0 radical (unpaired) electrons. The lowest BCUT2D eigenvalue weighted by Crippen LogP contribution is -2.01. The molecule has 0 aliphatic heterocycles. The third-order valence-electron chi connectivity index (χ3n) is 1.66. The van der Waals surface area contributed by atoms with Crippen LogP contribution in [0.3, 0.4) is 0 Å². The molecule has 0 spiro atoms. The van der Waals surface area contributed by atoms with Crippen molar-refractivity contribution >= 4 is 5.82 Å². The summed E-state index contributed by atoms with van der Waals surface area (Å²) in [5.74, 6) is 0.256. The molecule has 0 aromatic carbocycles. The Hall–Kier alpha value is -1.91. The number of anilines is 1. The van der Waals surface area contributed by atoms with Gasteiger partial charge in [0.05, 0.1) is 18.4 Å². The lowest BCUT2D eigenvalue weighted by Gasteiger charge is -2.01. The molecule has 4 nitrogen and oxygen atoms in total. The molecule has 0 unspecified atom stereocenters. The normalized spacial score (nSPS) is 10.1. The molecule has 2 heterocycles. The standard InChI is InChI=1S/C9H8FN3O/c10-7-1-2-9(11-3-7)12-4-8-5-14-6-13-8/h1-3,5-6H,4H2,(H,11,12). The Kier molecular flexibility index (Phi) is 2.40. The first-order valence-electron chi connectivity index (χ1n) is 4.07. The highest BCUT2D eigenvalue weighted by Gasteiger charge is 1.97. The minimum atomic E-state index is -0.350. The molecule has 0 saturated heterocycles. The van der Waals surface area contributed by atoms with E-state index in [1.807, 2.05) is 0 Å². The fourth-order valence-corrected chi connectivity index (χ4v) is 0.986. The van der Waals surface area contributed by atoms with E-state index in [0.717, 1.165) is 11.9 Å². The molecule has 14 heavy (non-hydrogen) atoms. The summed E-state index contributed by atoms with van der Waals surface area (Å²) in [7, 11) is 0. The maximum absolute atomic E-state index is 12.5. The van der Waals surface area contributed by atoms with Crippen molar-refractivity contribution in [2.24, 2.45) is 0 Å². The first-order chi connectivity index (χ1) is 6.84. The Balaban J connectivity index is 1.95. The lowest BCUT2D eigenvalue weighted by atomic mass is 10.4. The van der Waals surface area contributed by atoms with Gasteiger partial charge in [-0.05, 0) is 12.1 Å². The van der Waals surface area contributed by atoms with Crippen LogP contribution in [-0.2, 0) is 6.54 Å². The molecule has 2 aromatic rings. The molecule has 0 atom stereocenters. The highest BCUT2D eigenvalue weighted by Crippen LogP contribution is 2.05. The molecule has 5 heteroatoms. The number of pyridine rings is 1. The Bertz CT molecular complexity index is 385. The van der Waals surface area contributed by atoms with Crippen molar-refractivity contribution in [1.29, 1.82) is 0 Å². The maximum atomic E-state index is 12.5. The van der Waals surface area contributed by atoms with Crippen LogP contribution >= 0.6 is 0 Å². The van der Waals surface area contributed by atoms with E-state index in [-0.39, 0.29) is 5.82 Å². The van der Waals surface area contributed by atoms with Crippen molar-refractivity contribution in [2.75, 3.05) is 5.32 Å². The third kappa shape index (κ3) is 2.07. The molecular formula is C9H8FN3O. The van der Waals surface area contributed by atoms with E-state index in [0.29, 0.717) is 12.4 Å². The molecule has 0 aliphatic rings. The zero-order valence-electron chi connectivity index (χ0n) is 7.27. The van der Waals surface area contributed by atoms with Gasteiger partial charge in [0.15, 0.2) is 6.39 Å². The summed E-state index contributed by atoms with van der Waals surface area (Å²) in [4.78, 5) is 7.75. The van der Waals surface area contributed by atoms with Gasteiger partial charge in [-0.25, -0.2) is 14.4 Å². The molecule has 2 rings (SSSR count). The quantitative estimate of drug-likeness (QED) is 0.807. The second-order valence-corrected chi connectivity index (χ2v) is 2.69. The van der Waals surface area contributed by atoms with Gasteiger partial charge in [-0.3, -0.25) is 0 Å². The van der Waals surface area contributed by atoms with Gasteiger partial charge in [0.2, 0.25) is 0 Å². The fourth-order valence-electron chi connectivity index (χ4n) is 0.986. The molecule has 0 aliphatic carbocycles. The van der Waals surface area contributed by atoms with Gasteiger partial charge in [-0.15, -0.1) is 0 Å². The summed E-state index contributed by atoms with van der Waals surface area (Å²) in [6.07, 6.45) is 4.05. The van der Waals surface area contributed by atoms with Gasteiger partial charge in [0.1, 0.15) is 17.9 Å². The SMILES string of the molecule is Fc1ccc(NCc2cocn2)nc1. The summed E-state index contributed by atoms with van der Waals surface area (Å²) in [5.41, 5.74) is 0.774. The summed E-state index contributed by atoms with van der Waals surface area (Å²) in [5, 5.41) is 2.97. The molecular weight excluding hydrogens is 185 g/mol. The zero-order chi connectivity index (χ0) is 9.80. The number of nitrogens with zero attached hydrogens (tertiary/aromatic N) is 2. The maximum Gasteiger partial charge on any atom is 0.180 e. The first-order valence-corrected chi connectivity index (χ1v) is 4.07. The average Bonchev–Trinajstić information content (AvgIpc) is 2.70. The zero-order valence-corrected chi connectivity index (χ0v) is 7.27. The lowest BCUT2D eigenvalue weighted by molar-refractivity contribution is 0.556. The number of aromatic nitrogens is 2. The monoisotopic (exact) mass is 193 g/mol. The fraction of sp³-hybridized carbons (Fsp3) is 0.111. The van der Waals surface area contributed by atoms with Gasteiger partial charge in [-0.2, -0.15) is 0 Å². The van der Waals surface area contributed by atoms with E-state index in [4.69, 9.17) is 4.42 Å². The second-order valence-electron chi connectivity index (χ2n) is 2.69. The Morgan fingerprint density at radius 3 is 2.93 bits per heavy atom. The number of hydrogen-bond acceptors (Lipinski definition) is 4. The molecule has 1 N–H and O–H groups in total. The van der Waals surface area contributed by atoms with Gasteiger partial charge in [-0.1, -0.05) is 0 Å². The Labute approximate surface area is 79.8 Å². The van der Waals surface area contributed by atoms with Crippen LogP contribution < -0.4 is 5.32 Å². The van der Waals surface area contributed by atoms with E-state index in [2.05, 4.69) is 15.3 Å². The van der Waals surface area contributed by atoms with Crippen molar-refractivity contribution in [3.8, 4) is 0 Å². The highest BCUT2D eigenvalue weighted by molar-refractivity contribution is 5.33. The number of nitrogens with one attached hydrogen (secondary N) is 1. The predicted molar refractivity (Wildman–Crippen MR) is 48.0 cm³/mol. The van der Waals surface area contributed by atoms with Crippen LogP contribution in [0.2, 0.25) is 0 Å². The van der Waals surface area contributed by atoms with Crippen molar-refractivity contribution in [3.05, 3.63) is 42.5 Å². The average molecular weight is 193 g/mol. The van der Waals surface area contributed by atoms with E-state index >= 15 is 0 Å². The minimum absolute atomic E-state index is 0.350. The molecule has 0 fully saturated rings. The number of hydrogen-bond donors (Lipinski definition) is 1. The number of oxazole rings is 1. The van der Waals surface area contributed by atoms with Crippen LogP contribution in [0.4, 0.5) is 10.2 Å². The molecule has 0 saturated carbocycles. The van der Waals surface area contributed by atoms with E-state index in [1.54, 1.807) is 6.07 Å². The topological polar surface area (TPSA) is 51.0 Å². The van der Waals surface area contributed by atoms with Crippen LogP contribution in [0, 0.1) is 5.82 Å². The van der Waals surface area contributed by atoms with Crippen molar-refractivity contribution in [3.63, 3.8) is 0 Å². The minimum Gasteiger partial charge on any atom is -0.451 e. The summed E-state index contributed by atoms with van der Waals surface area (Å²) in [6.45, 7) is 0.509. The third-order valence-corrected chi connectivity index (χ3v) is 1.66. The largest absolute Gasteiger partial charge is 0.451 e.